The van der Waals surface area contributed by atoms with Gasteiger partial charge >= 0.3 is 6.03 Å². The summed E-state index contributed by atoms with van der Waals surface area (Å²) in [4.78, 5) is 27.0. The van der Waals surface area contributed by atoms with Crippen LogP contribution in [0.5, 0.6) is 0 Å². The molecule has 152 valence electrons. The van der Waals surface area contributed by atoms with Crippen molar-refractivity contribution in [2.75, 3.05) is 18.4 Å². The second kappa shape index (κ2) is 8.11. The lowest BCUT2D eigenvalue weighted by Crippen LogP contribution is -2.41. The summed E-state index contributed by atoms with van der Waals surface area (Å²) < 4.78 is 3.67. The molecule has 0 aliphatic carbocycles. The van der Waals surface area contributed by atoms with E-state index >= 15 is 0 Å². The van der Waals surface area contributed by atoms with Crippen molar-refractivity contribution in [3.8, 4) is 0 Å². The number of likely N-dealkylation sites (tertiary alicyclic amines) is 1. The van der Waals surface area contributed by atoms with Crippen LogP contribution in [0, 0.1) is 6.92 Å². The van der Waals surface area contributed by atoms with Gasteiger partial charge in [0.05, 0.1) is 6.20 Å². The maximum Gasteiger partial charge on any atom is 0.321 e. The number of fused-ring (bicyclic) bond motifs is 1. The fourth-order valence-corrected chi connectivity index (χ4v) is 4.18. The number of amides is 2. The number of aryl methyl sites for hydroxylation is 2. The number of carbonyl (C=O) groups is 1. The summed E-state index contributed by atoms with van der Waals surface area (Å²) in [5, 5.41) is 7.14. The van der Waals surface area contributed by atoms with Crippen LogP contribution in [0.15, 0.2) is 47.4 Å². The number of piperidine rings is 1. The van der Waals surface area contributed by atoms with Gasteiger partial charge in [0.15, 0.2) is 0 Å². The van der Waals surface area contributed by atoms with Crippen LogP contribution >= 0.6 is 0 Å². The first kappa shape index (κ1) is 19.2. The molecule has 7 nitrogen and oxygen atoms in total. The van der Waals surface area contributed by atoms with E-state index in [9.17, 15) is 9.59 Å². The number of anilines is 1. The Kier molecular flexibility index (Phi) is 5.38. The number of benzene rings is 1. The number of aromatic nitrogens is 3. The van der Waals surface area contributed by atoms with E-state index in [1.54, 1.807) is 12.3 Å². The Morgan fingerprint density at radius 3 is 2.72 bits per heavy atom. The number of urea groups is 1. The van der Waals surface area contributed by atoms with Gasteiger partial charge in [-0.2, -0.15) is 9.61 Å². The summed E-state index contributed by atoms with van der Waals surface area (Å²) in [6.45, 7) is 6.33. The van der Waals surface area contributed by atoms with E-state index in [1.807, 2.05) is 42.2 Å². The quantitative estimate of drug-likeness (QED) is 0.736. The number of hydrogen-bond acceptors (Lipinski definition) is 3. The molecule has 1 aromatic carbocycles. The van der Waals surface area contributed by atoms with Crippen LogP contribution in [0.4, 0.5) is 10.5 Å². The van der Waals surface area contributed by atoms with E-state index in [0.717, 1.165) is 48.4 Å². The number of hydrogen-bond donors (Lipinski definition) is 1. The lowest BCUT2D eigenvalue weighted by Gasteiger charge is -2.33. The Morgan fingerprint density at radius 2 is 2.00 bits per heavy atom. The number of nitrogens with zero attached hydrogens (tertiary/aromatic N) is 4. The van der Waals surface area contributed by atoms with Crippen LogP contribution in [0.1, 0.15) is 43.4 Å². The monoisotopic (exact) mass is 393 g/mol. The van der Waals surface area contributed by atoms with E-state index in [0.29, 0.717) is 13.1 Å². The molecule has 2 aromatic heterocycles. The summed E-state index contributed by atoms with van der Waals surface area (Å²) in [7, 11) is 0. The van der Waals surface area contributed by atoms with Gasteiger partial charge in [-0.05, 0) is 43.9 Å². The van der Waals surface area contributed by atoms with Gasteiger partial charge in [0.2, 0.25) is 0 Å². The van der Waals surface area contributed by atoms with E-state index in [2.05, 4.69) is 21.9 Å². The fourth-order valence-electron chi connectivity index (χ4n) is 4.18. The number of nitrogens with one attached hydrogen (secondary N) is 1. The predicted molar refractivity (Wildman–Crippen MR) is 113 cm³/mol. The fraction of sp³-hybridized carbons (Fsp3) is 0.409. The van der Waals surface area contributed by atoms with Crippen LogP contribution in [-0.2, 0) is 6.54 Å². The summed E-state index contributed by atoms with van der Waals surface area (Å²) in [6, 6.07) is 11.4. The highest BCUT2D eigenvalue weighted by Gasteiger charge is 2.26. The molecule has 0 atom stereocenters. The molecule has 4 rings (SSSR count). The maximum absolute atomic E-state index is 12.6. The van der Waals surface area contributed by atoms with Crippen molar-refractivity contribution in [2.45, 2.75) is 45.6 Å². The molecule has 1 N–H and O–H groups in total. The van der Waals surface area contributed by atoms with E-state index in [-0.39, 0.29) is 17.5 Å². The van der Waals surface area contributed by atoms with Crippen LogP contribution in [0.3, 0.4) is 0 Å². The minimum Gasteiger partial charge on any atom is -0.329 e. The smallest absolute Gasteiger partial charge is 0.321 e. The molecular weight excluding hydrogens is 366 g/mol. The molecular formula is C22H27N5O2. The Hall–Kier alpha value is -3.09. The molecule has 7 heteroatoms. The Bertz CT molecular complexity index is 1080. The van der Waals surface area contributed by atoms with Gasteiger partial charge in [-0.3, -0.25) is 4.79 Å². The normalized spacial score (nSPS) is 15.0. The first-order valence-corrected chi connectivity index (χ1v) is 10.3. The highest BCUT2D eigenvalue weighted by Crippen LogP contribution is 2.29. The average molecular weight is 393 g/mol. The van der Waals surface area contributed by atoms with Crippen molar-refractivity contribution in [2.24, 2.45) is 0 Å². The molecule has 3 aromatic rings. The third-order valence-electron chi connectivity index (χ3n) is 5.61. The first-order chi connectivity index (χ1) is 14.1. The molecule has 1 saturated heterocycles. The highest BCUT2D eigenvalue weighted by atomic mass is 16.2. The molecule has 1 aliphatic rings. The zero-order chi connectivity index (χ0) is 20.4. The minimum atomic E-state index is -0.0908. The van der Waals surface area contributed by atoms with Crippen LogP contribution in [-0.4, -0.2) is 38.2 Å². The van der Waals surface area contributed by atoms with Crippen LogP contribution < -0.4 is 10.9 Å². The number of carbonyl (C=O) groups excluding carboxylic acids is 1. The van der Waals surface area contributed by atoms with Crippen molar-refractivity contribution < 1.29 is 4.79 Å². The van der Waals surface area contributed by atoms with Crippen molar-refractivity contribution in [1.82, 2.24) is 19.1 Å². The third-order valence-corrected chi connectivity index (χ3v) is 5.61. The summed E-state index contributed by atoms with van der Waals surface area (Å²) in [5.41, 5.74) is 3.75. The van der Waals surface area contributed by atoms with E-state index in [1.165, 1.54) is 4.52 Å². The topological polar surface area (TPSA) is 71.6 Å². The highest BCUT2D eigenvalue weighted by molar-refractivity contribution is 5.89. The summed E-state index contributed by atoms with van der Waals surface area (Å²) >= 11 is 0. The Morgan fingerprint density at radius 1 is 1.21 bits per heavy atom. The lowest BCUT2D eigenvalue weighted by atomic mass is 9.93. The van der Waals surface area contributed by atoms with E-state index in [4.69, 9.17) is 0 Å². The molecule has 1 fully saturated rings. The standard InChI is InChI=1S/C22H27N5O2/c1-3-11-26-19(15-21(28)27-20(26)7-10-23-27)17-8-12-25(13-9-17)22(29)24-18-6-4-5-16(2)14-18/h4-7,10,14-15,17H,3,8-9,11-13H2,1-2H3,(H,24,29). The summed E-state index contributed by atoms with van der Waals surface area (Å²) in [6.07, 6.45) is 4.34. The number of rotatable bonds is 4. The van der Waals surface area contributed by atoms with Crippen LogP contribution in [0.2, 0.25) is 0 Å². The van der Waals surface area contributed by atoms with Crippen molar-refractivity contribution >= 4 is 17.4 Å². The SMILES string of the molecule is CCCn1c(C2CCN(C(=O)Nc3cccc(C)c3)CC2)cc(=O)n2nccc12. The van der Waals surface area contributed by atoms with E-state index < -0.39 is 0 Å². The molecule has 0 saturated carbocycles. The molecule has 3 heterocycles. The average Bonchev–Trinajstić information content (AvgIpc) is 3.21. The second-order valence-corrected chi connectivity index (χ2v) is 7.72. The lowest BCUT2D eigenvalue weighted by molar-refractivity contribution is 0.193. The third kappa shape index (κ3) is 3.90. The van der Waals surface area contributed by atoms with Gasteiger partial charge in [0.1, 0.15) is 5.65 Å². The zero-order valence-corrected chi connectivity index (χ0v) is 17.0. The zero-order valence-electron chi connectivity index (χ0n) is 17.0. The van der Waals surface area contributed by atoms with Crippen LogP contribution in [0.25, 0.3) is 5.65 Å². The van der Waals surface area contributed by atoms with Crippen molar-refractivity contribution in [3.05, 3.63) is 64.2 Å². The molecule has 2 amide bonds. The molecule has 0 radical (unpaired) electrons. The van der Waals surface area contributed by atoms with Gasteiger partial charge in [-0.25, -0.2) is 4.79 Å². The van der Waals surface area contributed by atoms with Crippen molar-refractivity contribution in [1.29, 1.82) is 0 Å². The molecule has 0 unspecified atom stereocenters. The molecule has 0 bridgehead atoms. The van der Waals surface area contributed by atoms with Gasteiger partial charge in [0.25, 0.3) is 5.56 Å². The largest absolute Gasteiger partial charge is 0.329 e. The second-order valence-electron chi connectivity index (χ2n) is 7.72. The Balaban J connectivity index is 1.49. The van der Waals surface area contributed by atoms with Gasteiger partial charge in [0, 0.05) is 49.1 Å². The predicted octanol–water partition coefficient (Wildman–Crippen LogP) is 3.63. The van der Waals surface area contributed by atoms with Gasteiger partial charge < -0.3 is 14.8 Å². The van der Waals surface area contributed by atoms with Crippen molar-refractivity contribution in [3.63, 3.8) is 0 Å². The molecule has 0 spiro atoms. The molecule has 1 aliphatic heterocycles. The van der Waals surface area contributed by atoms with Gasteiger partial charge in [-0.1, -0.05) is 19.1 Å². The maximum atomic E-state index is 12.6. The minimum absolute atomic E-state index is 0.0637. The summed E-state index contributed by atoms with van der Waals surface area (Å²) in [5.74, 6) is 0.261. The Labute approximate surface area is 170 Å². The first-order valence-electron chi connectivity index (χ1n) is 10.3. The van der Waals surface area contributed by atoms with Gasteiger partial charge in [-0.15, -0.1) is 0 Å². The molecule has 29 heavy (non-hydrogen) atoms.